The van der Waals surface area contributed by atoms with Crippen molar-refractivity contribution in [3.63, 3.8) is 0 Å². The topological polar surface area (TPSA) is 58.1 Å². The van der Waals surface area contributed by atoms with E-state index in [2.05, 4.69) is 53.4 Å². The van der Waals surface area contributed by atoms with Gasteiger partial charge in [-0.15, -0.1) is 0 Å². The third-order valence-corrected chi connectivity index (χ3v) is 6.38. The second-order valence-corrected chi connectivity index (χ2v) is 9.06. The molecule has 0 spiro atoms. The van der Waals surface area contributed by atoms with Crippen LogP contribution in [0.4, 0.5) is 5.82 Å². The van der Waals surface area contributed by atoms with E-state index in [9.17, 15) is 4.79 Å². The van der Waals surface area contributed by atoms with Crippen molar-refractivity contribution in [3.8, 4) is 0 Å². The Morgan fingerprint density at radius 3 is 2.42 bits per heavy atom. The van der Waals surface area contributed by atoms with E-state index >= 15 is 0 Å². The number of thioether (sulfide) groups is 1. The molecule has 6 heteroatoms. The predicted octanol–water partition coefficient (Wildman–Crippen LogP) is 4.91. The molecule has 1 saturated carbocycles. The molecule has 4 rings (SSSR count). The molecule has 5 nitrogen and oxygen atoms in total. The maximum Gasteiger partial charge on any atom is 0.251 e. The maximum atomic E-state index is 12.1. The number of hydrogen-bond acceptors (Lipinski definition) is 5. The molecule has 0 unspecified atom stereocenters. The average molecular weight is 433 g/mol. The van der Waals surface area contributed by atoms with Crippen molar-refractivity contribution in [1.29, 1.82) is 0 Å². The van der Waals surface area contributed by atoms with Gasteiger partial charge in [0.05, 0.1) is 0 Å². The van der Waals surface area contributed by atoms with Gasteiger partial charge in [-0.05, 0) is 49.9 Å². The monoisotopic (exact) mass is 432 g/mol. The number of benzene rings is 2. The number of nitrogens with one attached hydrogen (secondary N) is 1. The highest BCUT2D eigenvalue weighted by Gasteiger charge is 2.23. The van der Waals surface area contributed by atoms with Gasteiger partial charge in [-0.1, -0.05) is 54.2 Å². The van der Waals surface area contributed by atoms with Crippen LogP contribution >= 0.6 is 11.8 Å². The van der Waals surface area contributed by atoms with Crippen molar-refractivity contribution in [3.05, 3.63) is 82.5 Å². The summed E-state index contributed by atoms with van der Waals surface area (Å²) in [5, 5.41) is 3.80. The summed E-state index contributed by atoms with van der Waals surface area (Å²) in [6.45, 7) is 4.91. The van der Waals surface area contributed by atoms with E-state index in [1.807, 2.05) is 37.3 Å². The number of aromatic nitrogens is 2. The molecule has 160 valence electrons. The first-order valence-electron chi connectivity index (χ1n) is 10.6. The molecule has 2 aromatic carbocycles. The van der Waals surface area contributed by atoms with E-state index < -0.39 is 0 Å². The van der Waals surface area contributed by atoms with Crippen LogP contribution in [-0.4, -0.2) is 29.0 Å². The summed E-state index contributed by atoms with van der Waals surface area (Å²) < 4.78 is 0. The third-order valence-electron chi connectivity index (χ3n) is 5.46. The summed E-state index contributed by atoms with van der Waals surface area (Å²) >= 11 is 1.62. The lowest BCUT2D eigenvalue weighted by atomic mass is 10.1. The fourth-order valence-corrected chi connectivity index (χ4v) is 4.19. The molecule has 0 atom stereocenters. The van der Waals surface area contributed by atoms with E-state index in [0.29, 0.717) is 11.6 Å². The molecule has 1 aliphatic rings. The van der Waals surface area contributed by atoms with Crippen LogP contribution in [0.1, 0.15) is 45.6 Å². The summed E-state index contributed by atoms with van der Waals surface area (Å²) in [6, 6.07) is 18.6. The smallest absolute Gasteiger partial charge is 0.251 e. The van der Waals surface area contributed by atoms with E-state index in [0.717, 1.165) is 52.9 Å². The minimum absolute atomic E-state index is 0.0188. The third kappa shape index (κ3) is 5.64. The molecule has 0 bridgehead atoms. The highest BCUT2D eigenvalue weighted by Crippen LogP contribution is 2.26. The standard InChI is InChI=1S/C25H28N4OS/c1-17-18(2)26-25(28-23(17)29(3)15-19-7-5-4-6-8-19)31-16-20-9-11-21(12-10-20)24(30)27-22-13-14-22/h4-12,22H,13-16H2,1-3H3,(H,27,30). The molecule has 1 heterocycles. The normalized spacial score (nSPS) is 13.1. The molecule has 0 saturated heterocycles. The SMILES string of the molecule is Cc1nc(SCc2ccc(C(=O)NC3CC3)cc2)nc(N(C)Cc2ccccc2)c1C. The van der Waals surface area contributed by atoms with Gasteiger partial charge in [-0.25, -0.2) is 9.97 Å². The largest absolute Gasteiger partial charge is 0.355 e. The van der Waals surface area contributed by atoms with Crippen LogP contribution in [0.2, 0.25) is 0 Å². The van der Waals surface area contributed by atoms with Crippen LogP contribution in [0.3, 0.4) is 0 Å². The Morgan fingerprint density at radius 1 is 1.03 bits per heavy atom. The molecule has 1 aromatic heterocycles. The van der Waals surface area contributed by atoms with Gasteiger partial charge in [0.1, 0.15) is 5.82 Å². The number of carbonyl (C=O) groups excluding carboxylic acids is 1. The van der Waals surface area contributed by atoms with Crippen molar-refractivity contribution in [2.45, 2.75) is 50.2 Å². The van der Waals surface area contributed by atoms with Crippen LogP contribution in [0.15, 0.2) is 59.8 Å². The first kappa shape index (κ1) is 21.4. The van der Waals surface area contributed by atoms with Crippen molar-refractivity contribution < 1.29 is 4.79 Å². The van der Waals surface area contributed by atoms with Crippen LogP contribution in [0, 0.1) is 13.8 Å². The Balaban J connectivity index is 1.41. The molecule has 0 radical (unpaired) electrons. The summed E-state index contributed by atoms with van der Waals surface area (Å²) in [6.07, 6.45) is 2.19. The van der Waals surface area contributed by atoms with Gasteiger partial charge in [0.2, 0.25) is 0 Å². The Bertz CT molecular complexity index is 1050. The lowest BCUT2D eigenvalue weighted by Crippen LogP contribution is -2.25. The van der Waals surface area contributed by atoms with Crippen molar-refractivity contribution >= 4 is 23.5 Å². The maximum absolute atomic E-state index is 12.1. The number of amides is 1. The highest BCUT2D eigenvalue weighted by atomic mass is 32.2. The fourth-order valence-electron chi connectivity index (χ4n) is 3.35. The molecule has 1 fully saturated rings. The first-order chi connectivity index (χ1) is 15.0. The second kappa shape index (κ2) is 9.52. The van der Waals surface area contributed by atoms with Gasteiger partial charge in [0.15, 0.2) is 5.16 Å². The molecule has 31 heavy (non-hydrogen) atoms. The number of hydrogen-bond donors (Lipinski definition) is 1. The summed E-state index contributed by atoms with van der Waals surface area (Å²) in [7, 11) is 2.07. The van der Waals surface area contributed by atoms with E-state index in [-0.39, 0.29) is 5.91 Å². The molecule has 1 N–H and O–H groups in total. The molecule has 3 aromatic rings. The van der Waals surface area contributed by atoms with Gasteiger partial charge in [-0.3, -0.25) is 4.79 Å². The Labute approximate surface area is 188 Å². The van der Waals surface area contributed by atoms with Crippen LogP contribution < -0.4 is 10.2 Å². The number of anilines is 1. The van der Waals surface area contributed by atoms with Crippen LogP contribution in [-0.2, 0) is 12.3 Å². The zero-order valence-electron chi connectivity index (χ0n) is 18.3. The van der Waals surface area contributed by atoms with Gasteiger partial charge in [-0.2, -0.15) is 0 Å². The van der Waals surface area contributed by atoms with Crippen LogP contribution in [0.25, 0.3) is 0 Å². The van der Waals surface area contributed by atoms with Crippen molar-refractivity contribution in [2.75, 3.05) is 11.9 Å². The minimum Gasteiger partial charge on any atom is -0.355 e. The first-order valence-corrected chi connectivity index (χ1v) is 11.6. The van der Waals surface area contributed by atoms with E-state index in [1.165, 1.54) is 5.56 Å². The zero-order valence-corrected chi connectivity index (χ0v) is 19.1. The molecular formula is C25H28N4OS. The number of carbonyl (C=O) groups is 1. The minimum atomic E-state index is 0.0188. The van der Waals surface area contributed by atoms with Crippen LogP contribution in [0.5, 0.6) is 0 Å². The highest BCUT2D eigenvalue weighted by molar-refractivity contribution is 7.98. The predicted molar refractivity (Wildman–Crippen MR) is 127 cm³/mol. The summed E-state index contributed by atoms with van der Waals surface area (Å²) in [4.78, 5) is 23.9. The Morgan fingerprint density at radius 2 is 1.74 bits per heavy atom. The average Bonchev–Trinajstić information content (AvgIpc) is 3.59. The number of nitrogens with zero attached hydrogens (tertiary/aromatic N) is 3. The van der Waals surface area contributed by atoms with Gasteiger partial charge in [0.25, 0.3) is 5.91 Å². The Kier molecular flexibility index (Phi) is 6.56. The molecular weight excluding hydrogens is 404 g/mol. The van der Waals surface area contributed by atoms with Crippen molar-refractivity contribution in [2.24, 2.45) is 0 Å². The van der Waals surface area contributed by atoms with Gasteiger partial charge in [0, 0.05) is 42.2 Å². The van der Waals surface area contributed by atoms with Gasteiger partial charge >= 0.3 is 0 Å². The molecule has 1 amide bonds. The number of rotatable bonds is 8. The number of aryl methyl sites for hydroxylation is 1. The summed E-state index contributed by atoms with van der Waals surface area (Å²) in [5.74, 6) is 1.74. The van der Waals surface area contributed by atoms with E-state index in [4.69, 9.17) is 4.98 Å². The zero-order chi connectivity index (χ0) is 21.8. The second-order valence-electron chi connectivity index (χ2n) is 8.12. The van der Waals surface area contributed by atoms with E-state index in [1.54, 1.807) is 11.8 Å². The lowest BCUT2D eigenvalue weighted by Gasteiger charge is -2.21. The van der Waals surface area contributed by atoms with Gasteiger partial charge < -0.3 is 10.2 Å². The quantitative estimate of drug-likeness (QED) is 0.405. The van der Waals surface area contributed by atoms with Crippen molar-refractivity contribution in [1.82, 2.24) is 15.3 Å². The molecule has 1 aliphatic carbocycles. The lowest BCUT2D eigenvalue weighted by molar-refractivity contribution is 0.0951. The molecule has 0 aliphatic heterocycles. The Hall–Kier alpha value is -2.86. The fraction of sp³-hybridized carbons (Fsp3) is 0.320. The summed E-state index contributed by atoms with van der Waals surface area (Å²) in [5.41, 5.74) is 5.22.